The predicted octanol–water partition coefficient (Wildman–Crippen LogP) is 5.27. The van der Waals surface area contributed by atoms with E-state index in [1.807, 2.05) is 6.20 Å². The third kappa shape index (κ3) is 4.84. The maximum atomic E-state index is 5.82. The van der Waals surface area contributed by atoms with Crippen LogP contribution in [0, 0.1) is 0 Å². The van der Waals surface area contributed by atoms with Gasteiger partial charge < -0.3 is 0 Å². The van der Waals surface area contributed by atoms with Crippen LogP contribution in [0.5, 0.6) is 0 Å². The van der Waals surface area contributed by atoms with Crippen molar-refractivity contribution in [3.05, 3.63) is 24.4 Å². The fourth-order valence-electron chi connectivity index (χ4n) is 3.72. The van der Waals surface area contributed by atoms with Gasteiger partial charge in [0.1, 0.15) is 0 Å². The molecule has 132 valence electrons. The molecule has 0 atom stereocenters. The van der Waals surface area contributed by atoms with E-state index in [1.165, 1.54) is 51.8 Å². The van der Waals surface area contributed by atoms with E-state index in [4.69, 9.17) is 5.73 Å². The molecule has 0 amide bonds. The first-order chi connectivity index (χ1) is 11.6. The zero-order chi connectivity index (χ0) is 17.4. The van der Waals surface area contributed by atoms with Gasteiger partial charge in [-0.2, -0.15) is 0 Å². The Balaban J connectivity index is 2.45. The van der Waals surface area contributed by atoms with Gasteiger partial charge in [0, 0.05) is 0 Å². The number of rotatable bonds is 10. The summed E-state index contributed by atoms with van der Waals surface area (Å²) in [6, 6.07) is 6.99. The van der Waals surface area contributed by atoms with E-state index < -0.39 is 18.4 Å². The zero-order valence-corrected chi connectivity index (χ0v) is 18.5. The van der Waals surface area contributed by atoms with Crippen LogP contribution in [-0.4, -0.2) is 28.3 Å². The number of nitrogens with zero attached hydrogens (tertiary/aromatic N) is 2. The Morgan fingerprint density at radius 1 is 0.917 bits per heavy atom. The van der Waals surface area contributed by atoms with Crippen LogP contribution in [0.1, 0.15) is 59.3 Å². The van der Waals surface area contributed by atoms with E-state index >= 15 is 0 Å². The Hall–Kier alpha value is -0.841. The molecular formula is C20H33N3Sn. The summed E-state index contributed by atoms with van der Waals surface area (Å²) in [6.45, 7) is 6.97. The third-order valence-electron chi connectivity index (χ3n) is 5.24. The summed E-state index contributed by atoms with van der Waals surface area (Å²) in [7, 11) is 0. The molecular weight excluding hydrogens is 401 g/mol. The Labute approximate surface area is 151 Å². The Kier molecular flexibility index (Phi) is 7.79. The molecule has 1 heterocycles. The van der Waals surface area contributed by atoms with Crippen LogP contribution in [0.4, 0.5) is 5.95 Å². The van der Waals surface area contributed by atoms with Gasteiger partial charge in [0.25, 0.3) is 0 Å². The van der Waals surface area contributed by atoms with Gasteiger partial charge in [-0.15, -0.1) is 0 Å². The normalized spacial score (nSPS) is 12.0. The molecule has 1 aromatic heterocycles. The van der Waals surface area contributed by atoms with E-state index in [0.717, 1.165) is 10.9 Å². The summed E-state index contributed by atoms with van der Waals surface area (Å²) in [5, 5.41) is 1.11. The van der Waals surface area contributed by atoms with E-state index in [9.17, 15) is 0 Å². The van der Waals surface area contributed by atoms with Crippen molar-refractivity contribution in [1.29, 1.82) is 0 Å². The first kappa shape index (κ1) is 19.5. The summed E-state index contributed by atoms with van der Waals surface area (Å²) in [6.07, 6.45) is 9.91. The number of nitrogens with two attached hydrogens (primary N) is 1. The molecule has 0 saturated carbocycles. The number of aromatic nitrogens is 2. The van der Waals surface area contributed by atoms with Crippen LogP contribution in [0.3, 0.4) is 0 Å². The van der Waals surface area contributed by atoms with E-state index in [-0.39, 0.29) is 0 Å². The van der Waals surface area contributed by atoms with E-state index in [1.54, 1.807) is 3.58 Å². The molecule has 2 N–H and O–H groups in total. The van der Waals surface area contributed by atoms with Crippen LogP contribution in [0.25, 0.3) is 10.9 Å². The van der Waals surface area contributed by atoms with Crippen LogP contribution >= 0.6 is 0 Å². The molecule has 0 fully saturated rings. The van der Waals surface area contributed by atoms with Gasteiger partial charge in [-0.25, -0.2) is 0 Å². The number of hydrogen-bond donors (Lipinski definition) is 1. The van der Waals surface area contributed by atoms with Crippen LogP contribution in [-0.2, 0) is 0 Å². The standard InChI is InChI=1S/C8H6N3.3C4H9.Sn/c9-8-10-5-6-3-1-2-4-7(6)11-8;3*1-3-4-2;/h1,3-5H,(H2,9,10,11);3*1,3-4H2,2H3;. The first-order valence-corrected chi connectivity index (χ1v) is 17.2. The molecule has 0 spiro atoms. The van der Waals surface area contributed by atoms with Gasteiger partial charge in [0.2, 0.25) is 0 Å². The molecule has 0 aliphatic carbocycles. The third-order valence-corrected chi connectivity index (χ3v) is 20.8. The number of anilines is 1. The van der Waals surface area contributed by atoms with Gasteiger partial charge >= 0.3 is 152 Å². The number of nitrogen functional groups attached to an aromatic ring is 1. The Morgan fingerprint density at radius 3 is 2.04 bits per heavy atom. The topological polar surface area (TPSA) is 51.8 Å². The summed E-state index contributed by atoms with van der Waals surface area (Å²) in [4.78, 5) is 8.62. The summed E-state index contributed by atoms with van der Waals surface area (Å²) in [5.41, 5.74) is 6.85. The monoisotopic (exact) mass is 435 g/mol. The molecule has 2 rings (SSSR count). The van der Waals surface area contributed by atoms with Crippen LogP contribution in [0.15, 0.2) is 24.4 Å². The number of fused-ring (bicyclic) bond motifs is 1. The number of unbranched alkanes of at least 4 members (excludes halogenated alkanes) is 3. The Bertz CT molecular complexity index is 620. The second kappa shape index (κ2) is 9.59. The molecule has 4 heteroatoms. The molecule has 0 bridgehead atoms. The molecule has 0 unspecified atom stereocenters. The average molecular weight is 434 g/mol. The molecule has 0 aliphatic rings. The van der Waals surface area contributed by atoms with Crippen LogP contribution in [0.2, 0.25) is 13.3 Å². The molecule has 0 aliphatic heterocycles. The van der Waals surface area contributed by atoms with Crippen molar-refractivity contribution < 1.29 is 0 Å². The molecule has 0 saturated heterocycles. The van der Waals surface area contributed by atoms with Crippen molar-refractivity contribution >= 4 is 38.8 Å². The van der Waals surface area contributed by atoms with Crippen LogP contribution < -0.4 is 9.31 Å². The van der Waals surface area contributed by atoms with Crippen molar-refractivity contribution in [1.82, 2.24) is 9.97 Å². The first-order valence-electron chi connectivity index (χ1n) is 9.68. The minimum absolute atomic E-state index is 0.385. The molecule has 3 nitrogen and oxygen atoms in total. The minimum atomic E-state index is -2.37. The Morgan fingerprint density at radius 2 is 1.50 bits per heavy atom. The zero-order valence-electron chi connectivity index (χ0n) is 15.6. The van der Waals surface area contributed by atoms with Gasteiger partial charge in [-0.05, 0) is 0 Å². The van der Waals surface area contributed by atoms with Crippen molar-refractivity contribution in [2.24, 2.45) is 0 Å². The second-order valence-corrected chi connectivity index (χ2v) is 20.3. The van der Waals surface area contributed by atoms with Crippen molar-refractivity contribution in [2.45, 2.75) is 72.6 Å². The predicted molar refractivity (Wildman–Crippen MR) is 108 cm³/mol. The SMILES string of the molecule is CCC[CH2][Sn]([CH2]CCC)([CH2]CCC)[c]1ccc2cnc(N)nc2c1. The van der Waals surface area contributed by atoms with Gasteiger partial charge in [0.05, 0.1) is 0 Å². The van der Waals surface area contributed by atoms with Crippen molar-refractivity contribution in [3.8, 4) is 0 Å². The van der Waals surface area contributed by atoms with Gasteiger partial charge in [-0.1, -0.05) is 0 Å². The summed E-state index contributed by atoms with van der Waals surface area (Å²) < 4.78 is 6.11. The van der Waals surface area contributed by atoms with E-state index in [0.29, 0.717) is 5.95 Å². The fraction of sp³-hybridized carbons (Fsp3) is 0.600. The number of hydrogen-bond acceptors (Lipinski definition) is 3. The average Bonchev–Trinajstić information content (AvgIpc) is 2.61. The number of benzene rings is 1. The second-order valence-electron chi connectivity index (χ2n) is 7.09. The molecule has 24 heavy (non-hydrogen) atoms. The van der Waals surface area contributed by atoms with Crippen molar-refractivity contribution in [2.75, 3.05) is 5.73 Å². The maximum absolute atomic E-state index is 5.82. The van der Waals surface area contributed by atoms with Gasteiger partial charge in [-0.3, -0.25) is 0 Å². The van der Waals surface area contributed by atoms with Gasteiger partial charge in [0.15, 0.2) is 0 Å². The molecule has 0 radical (unpaired) electrons. The quantitative estimate of drug-likeness (QED) is 0.519. The summed E-state index contributed by atoms with van der Waals surface area (Å²) in [5.74, 6) is 0.385. The molecule has 1 aromatic carbocycles. The summed E-state index contributed by atoms with van der Waals surface area (Å²) >= 11 is -2.37. The molecule has 2 aromatic rings. The fourth-order valence-corrected chi connectivity index (χ4v) is 19.7. The van der Waals surface area contributed by atoms with E-state index in [2.05, 4.69) is 48.9 Å². The van der Waals surface area contributed by atoms with Crippen molar-refractivity contribution in [3.63, 3.8) is 0 Å².